The van der Waals surface area contributed by atoms with Crippen molar-refractivity contribution in [2.75, 3.05) is 7.11 Å². The molecule has 18 heavy (non-hydrogen) atoms. The number of fused-ring (bicyclic) bond motifs is 1. The van der Waals surface area contributed by atoms with E-state index in [-0.39, 0.29) is 11.9 Å². The molecule has 0 aliphatic carbocycles. The van der Waals surface area contributed by atoms with Gasteiger partial charge in [-0.05, 0) is 28.8 Å². The van der Waals surface area contributed by atoms with E-state index in [1.165, 1.54) is 10.1 Å². The van der Waals surface area contributed by atoms with Gasteiger partial charge >= 0.3 is 0 Å². The van der Waals surface area contributed by atoms with Crippen LogP contribution in [0.25, 0.3) is 10.1 Å². The van der Waals surface area contributed by atoms with Crippen molar-refractivity contribution in [1.82, 2.24) is 0 Å². The monoisotopic (exact) mass is 262 g/mol. The van der Waals surface area contributed by atoms with E-state index in [1.807, 2.05) is 12.1 Å². The third-order valence-electron chi connectivity index (χ3n) is 3.12. The fraction of sp³-hybridized carbons (Fsp3) is 0.400. The topological polar surface area (TPSA) is 26.3 Å². The Balaban J connectivity index is 2.16. The lowest BCUT2D eigenvalue weighted by Crippen LogP contribution is -2.24. The van der Waals surface area contributed by atoms with Gasteiger partial charge < -0.3 is 4.74 Å². The maximum absolute atomic E-state index is 12.2. The Labute approximate surface area is 112 Å². The third-order valence-corrected chi connectivity index (χ3v) is 4.13. The van der Waals surface area contributed by atoms with Crippen molar-refractivity contribution in [3.05, 3.63) is 35.2 Å². The highest BCUT2D eigenvalue weighted by Gasteiger charge is 2.18. The minimum absolute atomic E-state index is 0.183. The van der Waals surface area contributed by atoms with Crippen LogP contribution in [0.4, 0.5) is 0 Å². The van der Waals surface area contributed by atoms with Crippen LogP contribution in [0.5, 0.6) is 0 Å². The zero-order valence-electron chi connectivity index (χ0n) is 10.8. The first-order valence-corrected chi connectivity index (χ1v) is 7.14. The van der Waals surface area contributed by atoms with E-state index in [1.54, 1.807) is 18.4 Å². The molecule has 0 spiro atoms. The molecule has 0 saturated carbocycles. The summed E-state index contributed by atoms with van der Waals surface area (Å²) in [7, 11) is 1.62. The lowest BCUT2D eigenvalue weighted by atomic mass is 10.0. The van der Waals surface area contributed by atoms with E-state index < -0.39 is 0 Å². The standard InChI is InChI=1S/C15H18O2S/c1-3-6-14(17-2)13(16)9-11-10-18-15-8-5-4-7-12(11)15/h4-5,7-8,10,14H,3,6,9H2,1-2H3. The van der Waals surface area contributed by atoms with Crippen LogP contribution in [0.15, 0.2) is 29.6 Å². The molecule has 1 aromatic heterocycles. The summed E-state index contributed by atoms with van der Waals surface area (Å²) >= 11 is 1.70. The highest BCUT2D eigenvalue weighted by molar-refractivity contribution is 7.17. The van der Waals surface area contributed by atoms with E-state index in [2.05, 4.69) is 24.4 Å². The van der Waals surface area contributed by atoms with Crippen molar-refractivity contribution in [2.45, 2.75) is 32.3 Å². The molecule has 1 heterocycles. The fourth-order valence-corrected chi connectivity index (χ4v) is 3.11. The summed E-state index contributed by atoms with van der Waals surface area (Å²) in [6, 6.07) is 8.21. The summed E-state index contributed by atoms with van der Waals surface area (Å²) in [5.74, 6) is 0.183. The van der Waals surface area contributed by atoms with Gasteiger partial charge in [0.05, 0.1) is 0 Å². The molecule has 2 rings (SSSR count). The molecule has 0 amide bonds. The van der Waals surface area contributed by atoms with E-state index in [9.17, 15) is 4.79 Å². The SMILES string of the molecule is CCCC(OC)C(=O)Cc1csc2ccccc12. The van der Waals surface area contributed by atoms with Crippen LogP contribution in [0.2, 0.25) is 0 Å². The van der Waals surface area contributed by atoms with Crippen molar-refractivity contribution in [2.24, 2.45) is 0 Å². The third kappa shape index (κ3) is 2.79. The summed E-state index contributed by atoms with van der Waals surface area (Å²) in [5, 5.41) is 3.28. The second kappa shape index (κ2) is 6.12. The van der Waals surface area contributed by atoms with E-state index in [4.69, 9.17) is 4.74 Å². The van der Waals surface area contributed by atoms with Crippen LogP contribution in [-0.2, 0) is 16.0 Å². The minimum atomic E-state index is -0.256. The first kappa shape index (κ1) is 13.2. The van der Waals surface area contributed by atoms with Crippen molar-refractivity contribution >= 4 is 27.2 Å². The number of ketones is 1. The van der Waals surface area contributed by atoms with Crippen LogP contribution in [0, 0.1) is 0 Å². The lowest BCUT2D eigenvalue weighted by molar-refractivity contribution is -0.128. The number of methoxy groups -OCH3 is 1. The Morgan fingerprint density at radius 1 is 1.39 bits per heavy atom. The number of rotatable bonds is 6. The van der Waals surface area contributed by atoms with E-state index in [0.717, 1.165) is 18.4 Å². The van der Waals surface area contributed by atoms with Gasteiger partial charge in [0.2, 0.25) is 0 Å². The molecule has 0 fully saturated rings. The normalized spacial score (nSPS) is 12.8. The van der Waals surface area contributed by atoms with Crippen LogP contribution in [0.1, 0.15) is 25.3 Å². The van der Waals surface area contributed by atoms with Crippen molar-refractivity contribution in [1.29, 1.82) is 0 Å². The first-order chi connectivity index (χ1) is 8.76. The number of ether oxygens (including phenoxy) is 1. The van der Waals surface area contributed by atoms with E-state index >= 15 is 0 Å². The lowest BCUT2D eigenvalue weighted by Gasteiger charge is -2.12. The number of hydrogen-bond acceptors (Lipinski definition) is 3. The number of Topliss-reactive ketones (excluding diaryl/α,β-unsaturated/α-hetero) is 1. The molecule has 1 atom stereocenters. The van der Waals surface area contributed by atoms with Gasteiger partial charge in [0.25, 0.3) is 0 Å². The number of carbonyl (C=O) groups excluding carboxylic acids is 1. The van der Waals surface area contributed by atoms with Gasteiger partial charge in [-0.25, -0.2) is 0 Å². The molecule has 2 nitrogen and oxygen atoms in total. The number of hydrogen-bond donors (Lipinski definition) is 0. The van der Waals surface area contributed by atoms with Gasteiger partial charge in [0, 0.05) is 18.2 Å². The van der Waals surface area contributed by atoms with Crippen LogP contribution in [-0.4, -0.2) is 19.0 Å². The zero-order chi connectivity index (χ0) is 13.0. The van der Waals surface area contributed by atoms with E-state index in [0.29, 0.717) is 6.42 Å². The first-order valence-electron chi connectivity index (χ1n) is 6.27. The average Bonchev–Trinajstić information content (AvgIpc) is 2.79. The summed E-state index contributed by atoms with van der Waals surface area (Å²) in [6.45, 7) is 2.07. The second-order valence-corrected chi connectivity index (χ2v) is 5.32. The Hall–Kier alpha value is -1.19. The fourth-order valence-electron chi connectivity index (χ4n) is 2.14. The molecule has 0 saturated heterocycles. The smallest absolute Gasteiger partial charge is 0.165 e. The molecule has 0 radical (unpaired) electrons. The van der Waals surface area contributed by atoms with Gasteiger partial charge in [-0.2, -0.15) is 0 Å². The van der Waals surface area contributed by atoms with Gasteiger partial charge in [-0.15, -0.1) is 11.3 Å². The quantitative estimate of drug-likeness (QED) is 0.791. The maximum Gasteiger partial charge on any atom is 0.165 e. The largest absolute Gasteiger partial charge is 0.374 e. The molecule has 0 bridgehead atoms. The van der Waals surface area contributed by atoms with Gasteiger partial charge in [-0.3, -0.25) is 4.79 Å². The number of carbonyl (C=O) groups is 1. The zero-order valence-corrected chi connectivity index (χ0v) is 11.6. The molecule has 0 N–H and O–H groups in total. The second-order valence-electron chi connectivity index (χ2n) is 4.41. The molecule has 1 unspecified atom stereocenters. The summed E-state index contributed by atoms with van der Waals surface area (Å²) < 4.78 is 6.51. The Morgan fingerprint density at radius 2 is 2.17 bits per heavy atom. The molecule has 2 aromatic rings. The van der Waals surface area contributed by atoms with Crippen molar-refractivity contribution in [3.8, 4) is 0 Å². The van der Waals surface area contributed by atoms with Crippen molar-refractivity contribution in [3.63, 3.8) is 0 Å². The van der Waals surface area contributed by atoms with Gasteiger partial charge in [0.15, 0.2) is 5.78 Å². The average molecular weight is 262 g/mol. The molecule has 1 aromatic carbocycles. The van der Waals surface area contributed by atoms with Crippen LogP contribution < -0.4 is 0 Å². The summed E-state index contributed by atoms with van der Waals surface area (Å²) in [5.41, 5.74) is 1.12. The minimum Gasteiger partial charge on any atom is -0.374 e. The highest BCUT2D eigenvalue weighted by atomic mass is 32.1. The molecule has 96 valence electrons. The van der Waals surface area contributed by atoms with Crippen LogP contribution in [0.3, 0.4) is 0 Å². The maximum atomic E-state index is 12.2. The predicted octanol–water partition coefficient (Wildman–Crippen LogP) is 3.83. The molecule has 3 heteroatoms. The summed E-state index contributed by atoms with van der Waals surface area (Å²) in [6.07, 6.45) is 1.99. The van der Waals surface area contributed by atoms with Crippen LogP contribution >= 0.6 is 11.3 Å². The number of thiophene rings is 1. The van der Waals surface area contributed by atoms with Gasteiger partial charge in [0.1, 0.15) is 6.10 Å². The highest BCUT2D eigenvalue weighted by Crippen LogP contribution is 2.26. The Bertz CT molecular complexity index is 530. The molecule has 0 aliphatic heterocycles. The van der Waals surface area contributed by atoms with Crippen molar-refractivity contribution < 1.29 is 9.53 Å². The number of benzene rings is 1. The predicted molar refractivity (Wildman–Crippen MR) is 76.2 cm³/mol. The molecule has 0 aliphatic rings. The Morgan fingerprint density at radius 3 is 2.89 bits per heavy atom. The van der Waals surface area contributed by atoms with Gasteiger partial charge in [-0.1, -0.05) is 31.5 Å². The molecular formula is C15H18O2S. The molecular weight excluding hydrogens is 244 g/mol. The Kier molecular flexibility index (Phi) is 4.50. The summed E-state index contributed by atoms with van der Waals surface area (Å²) in [4.78, 5) is 12.2.